The van der Waals surface area contributed by atoms with Gasteiger partial charge in [0, 0.05) is 29.3 Å². The minimum Gasteiger partial charge on any atom is -0.494 e. The first-order valence-electron chi connectivity index (χ1n) is 14.1. The van der Waals surface area contributed by atoms with Crippen LogP contribution in [0.3, 0.4) is 0 Å². The molecule has 0 radical (unpaired) electrons. The lowest BCUT2D eigenvalue weighted by molar-refractivity contribution is -0.384. The van der Waals surface area contributed by atoms with E-state index in [1.54, 1.807) is 12.3 Å². The van der Waals surface area contributed by atoms with Crippen molar-refractivity contribution in [2.24, 2.45) is 0 Å². The van der Waals surface area contributed by atoms with Crippen LogP contribution in [0.5, 0.6) is 11.5 Å². The van der Waals surface area contributed by atoms with Crippen molar-refractivity contribution in [3.63, 3.8) is 0 Å². The fraction of sp³-hybridized carbons (Fsp3) is 0.312. The zero-order valence-electron chi connectivity index (χ0n) is 23.8. The van der Waals surface area contributed by atoms with Gasteiger partial charge in [-0.25, -0.2) is 0 Å². The van der Waals surface area contributed by atoms with Crippen LogP contribution in [-0.4, -0.2) is 32.8 Å². The van der Waals surface area contributed by atoms with E-state index in [9.17, 15) is 10.1 Å². The van der Waals surface area contributed by atoms with Crippen molar-refractivity contribution in [1.82, 2.24) is 14.9 Å². The summed E-state index contributed by atoms with van der Waals surface area (Å²) in [4.78, 5) is 17.8. The largest absolute Gasteiger partial charge is 0.494 e. The number of thiocarbonyl (C=S) groups is 1. The number of methoxy groups -OCH3 is 1. The Kier molecular flexibility index (Phi) is 7.55. The number of nitrogens with zero attached hydrogens (tertiary/aromatic N) is 4. The van der Waals surface area contributed by atoms with Crippen molar-refractivity contribution in [2.45, 2.75) is 57.7 Å². The molecular weight excluding hydrogens is 550 g/mol. The van der Waals surface area contributed by atoms with Gasteiger partial charge in [0.2, 0.25) is 0 Å². The quantitative estimate of drug-likeness (QED) is 0.136. The Hall–Kier alpha value is -4.44. The summed E-state index contributed by atoms with van der Waals surface area (Å²) in [6.45, 7) is 4.07. The molecule has 0 bridgehead atoms. The molecule has 0 spiro atoms. The average Bonchev–Trinajstić information content (AvgIpc) is 3.71. The number of hydrogen-bond acceptors (Lipinski definition) is 6. The summed E-state index contributed by atoms with van der Waals surface area (Å²) in [6.07, 6.45) is 6.72. The van der Waals surface area contributed by atoms with Crippen molar-refractivity contribution < 1.29 is 14.4 Å². The zero-order valence-corrected chi connectivity index (χ0v) is 24.6. The van der Waals surface area contributed by atoms with Crippen LogP contribution in [0.1, 0.15) is 60.4 Å². The molecule has 1 N–H and O–H groups in total. The number of aryl methyl sites for hydroxylation is 1. The number of ether oxygens (including phenoxy) is 2. The molecule has 2 aromatic carbocycles. The molecule has 2 atom stereocenters. The molecule has 0 unspecified atom stereocenters. The van der Waals surface area contributed by atoms with Gasteiger partial charge in [-0.2, -0.15) is 0 Å². The molecule has 0 amide bonds. The molecule has 2 aliphatic rings. The number of non-ortho nitro benzene ring substituents is 1. The first-order valence-corrected chi connectivity index (χ1v) is 14.6. The molecule has 1 aliphatic carbocycles. The van der Waals surface area contributed by atoms with E-state index in [1.165, 1.54) is 32.1 Å². The monoisotopic (exact) mass is 583 g/mol. The highest BCUT2D eigenvalue weighted by atomic mass is 32.1. The molecule has 2 aromatic heterocycles. The zero-order chi connectivity index (χ0) is 29.4. The second-order valence-electron chi connectivity index (χ2n) is 10.8. The van der Waals surface area contributed by atoms with Crippen LogP contribution in [-0.2, 0) is 0 Å². The number of nitro groups is 1. The van der Waals surface area contributed by atoms with Crippen molar-refractivity contribution in [3.05, 3.63) is 106 Å². The number of nitrogens with one attached hydrogen (secondary N) is 1. The summed E-state index contributed by atoms with van der Waals surface area (Å²) >= 11 is 5.95. The maximum absolute atomic E-state index is 11.4. The van der Waals surface area contributed by atoms with Crippen molar-refractivity contribution in [1.29, 1.82) is 0 Å². The third-order valence-electron chi connectivity index (χ3n) is 8.22. The Bertz CT molecular complexity index is 1620. The van der Waals surface area contributed by atoms with E-state index in [-0.39, 0.29) is 23.9 Å². The van der Waals surface area contributed by atoms with E-state index in [1.807, 2.05) is 37.3 Å². The molecule has 1 aliphatic heterocycles. The highest BCUT2D eigenvalue weighted by molar-refractivity contribution is 7.80. The van der Waals surface area contributed by atoms with Gasteiger partial charge >= 0.3 is 0 Å². The van der Waals surface area contributed by atoms with Crippen molar-refractivity contribution in [2.75, 3.05) is 12.0 Å². The van der Waals surface area contributed by atoms with Gasteiger partial charge < -0.3 is 24.3 Å². The Labute approximate surface area is 250 Å². The SMILES string of the molecule is COc1cc([N+](=O)[O-])ccc1-n1c(C)cc([C@H]2[C@H](c3ccccn3)NC(=S)N2c2ccc(OC3CCCC3)cc2)c1C. The Morgan fingerprint density at radius 3 is 2.48 bits per heavy atom. The maximum Gasteiger partial charge on any atom is 0.273 e. The number of benzene rings is 2. The summed E-state index contributed by atoms with van der Waals surface area (Å²) < 4.78 is 13.9. The summed E-state index contributed by atoms with van der Waals surface area (Å²) in [5.74, 6) is 1.29. The number of hydrogen-bond donors (Lipinski definition) is 1. The molecular formula is C32H33N5O4S. The van der Waals surface area contributed by atoms with E-state index in [4.69, 9.17) is 21.7 Å². The lowest BCUT2D eigenvalue weighted by Crippen LogP contribution is -2.29. The fourth-order valence-electron chi connectivity index (χ4n) is 6.26. The maximum atomic E-state index is 11.4. The first kappa shape index (κ1) is 27.7. The third-order valence-corrected chi connectivity index (χ3v) is 8.54. The standard InChI is InChI=1S/C32H33N5O4S/c1-20-18-26(21(2)35(20)28-16-13-23(37(38)39)19-29(28)40-3)31-30(27-10-6-7-17-33-27)34-32(42)36(31)22-11-14-25(15-12-22)41-24-8-4-5-9-24/h6-7,10-19,24,30-31H,4-5,8-9H2,1-3H3,(H,34,42)/t30-,31-/m0/s1. The van der Waals surface area contributed by atoms with Crippen LogP contribution in [0.25, 0.3) is 5.69 Å². The lowest BCUT2D eigenvalue weighted by atomic mass is 9.96. The molecule has 9 nitrogen and oxygen atoms in total. The summed E-state index contributed by atoms with van der Waals surface area (Å²) in [6, 6.07) is 20.5. The van der Waals surface area contributed by atoms with Gasteiger partial charge in [-0.05, 0) is 106 Å². The predicted molar refractivity (Wildman–Crippen MR) is 166 cm³/mol. The Morgan fingerprint density at radius 2 is 1.81 bits per heavy atom. The summed E-state index contributed by atoms with van der Waals surface area (Å²) in [5.41, 5.74) is 5.54. The Balaban J connectivity index is 1.43. The normalized spacial score (nSPS) is 18.7. The van der Waals surface area contributed by atoms with Crippen LogP contribution < -0.4 is 19.7 Å². The van der Waals surface area contributed by atoms with Gasteiger partial charge in [-0.15, -0.1) is 0 Å². The number of anilines is 1. The van der Waals surface area contributed by atoms with Crippen molar-refractivity contribution in [3.8, 4) is 17.2 Å². The van der Waals surface area contributed by atoms with E-state index in [0.29, 0.717) is 10.9 Å². The predicted octanol–water partition coefficient (Wildman–Crippen LogP) is 6.90. The lowest BCUT2D eigenvalue weighted by Gasteiger charge is -2.28. The van der Waals surface area contributed by atoms with E-state index < -0.39 is 4.92 Å². The number of pyridine rings is 1. The molecule has 2 fully saturated rings. The number of aromatic nitrogens is 2. The molecule has 1 saturated heterocycles. The van der Waals surface area contributed by atoms with Gasteiger partial charge in [0.15, 0.2) is 5.11 Å². The van der Waals surface area contributed by atoms with Gasteiger partial charge in [-0.1, -0.05) is 6.07 Å². The smallest absolute Gasteiger partial charge is 0.273 e. The summed E-state index contributed by atoms with van der Waals surface area (Å²) in [7, 11) is 1.52. The topological polar surface area (TPSA) is 94.7 Å². The molecule has 42 heavy (non-hydrogen) atoms. The fourth-order valence-corrected chi connectivity index (χ4v) is 6.60. The second-order valence-corrected chi connectivity index (χ2v) is 11.2. The third kappa shape index (κ3) is 5.07. The average molecular weight is 584 g/mol. The van der Waals surface area contributed by atoms with E-state index in [0.717, 1.165) is 52.6 Å². The van der Waals surface area contributed by atoms with Crippen LogP contribution in [0.2, 0.25) is 0 Å². The number of rotatable bonds is 8. The van der Waals surface area contributed by atoms with Crippen molar-refractivity contribution >= 4 is 28.7 Å². The van der Waals surface area contributed by atoms with Gasteiger partial charge in [0.1, 0.15) is 11.5 Å². The highest BCUT2D eigenvalue weighted by Gasteiger charge is 2.42. The van der Waals surface area contributed by atoms with Crippen LogP contribution in [0, 0.1) is 24.0 Å². The molecule has 216 valence electrons. The molecule has 10 heteroatoms. The van der Waals surface area contributed by atoms with E-state index >= 15 is 0 Å². The van der Waals surface area contributed by atoms with Crippen LogP contribution in [0.15, 0.2) is 72.9 Å². The summed E-state index contributed by atoms with van der Waals surface area (Å²) in [5, 5.41) is 15.6. The van der Waals surface area contributed by atoms with Crippen LogP contribution in [0.4, 0.5) is 11.4 Å². The second kappa shape index (κ2) is 11.4. The minimum absolute atomic E-state index is 0.0228. The molecule has 6 rings (SSSR count). The van der Waals surface area contributed by atoms with E-state index in [2.05, 4.69) is 44.9 Å². The molecule has 3 heterocycles. The van der Waals surface area contributed by atoms with Gasteiger partial charge in [0.05, 0.1) is 47.7 Å². The van der Waals surface area contributed by atoms with Crippen LogP contribution >= 0.6 is 12.2 Å². The van der Waals surface area contributed by atoms with Gasteiger partial charge in [0.25, 0.3) is 5.69 Å². The minimum atomic E-state index is -0.419. The molecule has 1 saturated carbocycles. The first-order chi connectivity index (χ1) is 20.4. The highest BCUT2D eigenvalue weighted by Crippen LogP contribution is 2.44. The molecule has 4 aromatic rings. The Morgan fingerprint density at radius 1 is 1.05 bits per heavy atom. The van der Waals surface area contributed by atoms with Gasteiger partial charge in [-0.3, -0.25) is 15.1 Å². The number of nitro benzene ring substituents is 1.